The normalized spacial score (nSPS) is 18.7. The minimum absolute atomic E-state index is 0.271. The number of halogens is 2. The van der Waals surface area contributed by atoms with E-state index in [1.54, 1.807) is 29.8 Å². The number of nitrogens with one attached hydrogen (secondary N) is 1. The molecule has 158 valence electrons. The number of carbonyl (C=O) groups excluding carboxylic acids is 2. The lowest BCUT2D eigenvalue weighted by Crippen LogP contribution is -2.61. The van der Waals surface area contributed by atoms with Crippen LogP contribution in [0.15, 0.2) is 58.6 Å². The Morgan fingerprint density at radius 1 is 1.16 bits per heavy atom. The first kappa shape index (κ1) is 20.7. The molecule has 2 heterocycles. The van der Waals surface area contributed by atoms with E-state index in [0.717, 1.165) is 10.5 Å². The summed E-state index contributed by atoms with van der Waals surface area (Å²) in [5.74, 6) is -0.138. The number of hydrogen-bond donors (Lipinski definition) is 1. The number of rotatable bonds is 4. The number of hydrazone groups is 1. The standard InChI is InChI=1S/C21H18ClFN6O2/c1-27-18-17(19(30)28(2)21(27)31)29(12-14-5-3-4-6-16(14)22)20(25-18)26-24-11-13-7-9-15(23)10-8-13/h3-11,17H,12H2,1-2H3/p+1/b24-11-. The molecular formula is C21H19ClFN6O2+. The van der Waals surface area contributed by atoms with Crippen LogP contribution in [-0.2, 0) is 11.3 Å². The lowest BCUT2D eigenvalue weighted by Gasteiger charge is -2.31. The Kier molecular flexibility index (Phi) is 5.51. The summed E-state index contributed by atoms with van der Waals surface area (Å²) in [6.07, 6.45) is 1.51. The van der Waals surface area contributed by atoms with Gasteiger partial charge in [0, 0.05) is 24.7 Å². The van der Waals surface area contributed by atoms with E-state index in [1.165, 1.54) is 30.3 Å². The van der Waals surface area contributed by atoms with Gasteiger partial charge in [0.15, 0.2) is 0 Å². The van der Waals surface area contributed by atoms with E-state index >= 15 is 0 Å². The molecule has 0 aromatic heterocycles. The first-order valence-electron chi connectivity index (χ1n) is 9.42. The molecule has 2 aromatic carbocycles. The number of likely N-dealkylation sites (N-methyl/N-ethyl adjacent to an activating group) is 2. The molecule has 4 rings (SSSR count). The molecule has 2 aliphatic heterocycles. The molecule has 8 nitrogen and oxygen atoms in total. The Labute approximate surface area is 182 Å². The highest BCUT2D eigenvalue weighted by Gasteiger charge is 2.51. The van der Waals surface area contributed by atoms with Crippen molar-refractivity contribution in [1.29, 1.82) is 0 Å². The van der Waals surface area contributed by atoms with Crippen molar-refractivity contribution in [3.63, 3.8) is 0 Å². The number of amides is 3. The highest BCUT2D eigenvalue weighted by atomic mass is 35.5. The van der Waals surface area contributed by atoms with Crippen molar-refractivity contribution in [2.24, 2.45) is 10.1 Å². The van der Waals surface area contributed by atoms with Gasteiger partial charge in [-0.15, -0.1) is 5.10 Å². The lowest BCUT2D eigenvalue weighted by molar-refractivity contribution is -0.553. The quantitative estimate of drug-likeness (QED) is 0.449. The average Bonchev–Trinajstić information content (AvgIpc) is 3.12. The Hall–Kier alpha value is -3.59. The Balaban J connectivity index is 1.69. The fourth-order valence-electron chi connectivity index (χ4n) is 3.38. The summed E-state index contributed by atoms with van der Waals surface area (Å²) in [6, 6.07) is 11.8. The molecule has 0 spiro atoms. The number of guanidine groups is 1. The van der Waals surface area contributed by atoms with Gasteiger partial charge in [0.05, 0.1) is 12.8 Å². The number of urea groups is 1. The highest BCUT2D eigenvalue weighted by Crippen LogP contribution is 2.22. The third kappa shape index (κ3) is 3.91. The van der Waals surface area contributed by atoms with Crippen LogP contribution in [0.25, 0.3) is 0 Å². The number of benzene rings is 2. The largest absolute Gasteiger partial charge is 0.414 e. The molecule has 0 bridgehead atoms. The van der Waals surface area contributed by atoms with E-state index in [4.69, 9.17) is 11.6 Å². The molecule has 1 saturated heterocycles. The van der Waals surface area contributed by atoms with E-state index in [2.05, 4.69) is 15.5 Å². The number of nitrogens with zero attached hydrogens (tertiary/aromatic N) is 5. The zero-order chi connectivity index (χ0) is 22.1. The van der Waals surface area contributed by atoms with Crippen LogP contribution in [0.4, 0.5) is 9.18 Å². The highest BCUT2D eigenvalue weighted by molar-refractivity contribution is 6.31. The van der Waals surface area contributed by atoms with Crippen molar-refractivity contribution in [3.8, 4) is 0 Å². The maximum atomic E-state index is 13.1. The molecule has 1 fully saturated rings. The minimum atomic E-state index is -0.799. The summed E-state index contributed by atoms with van der Waals surface area (Å²) >= 11 is 6.33. The molecule has 0 aliphatic carbocycles. The number of amidine groups is 1. The topological polar surface area (TPSA) is 80.4 Å². The molecule has 0 radical (unpaired) electrons. The van der Waals surface area contributed by atoms with Gasteiger partial charge in [-0.25, -0.2) is 13.8 Å². The maximum absolute atomic E-state index is 13.1. The average molecular weight is 442 g/mol. The predicted molar refractivity (Wildman–Crippen MR) is 115 cm³/mol. The van der Waals surface area contributed by atoms with E-state index in [0.29, 0.717) is 22.4 Å². The maximum Gasteiger partial charge on any atom is 0.414 e. The lowest BCUT2D eigenvalue weighted by atomic mass is 10.1. The molecule has 31 heavy (non-hydrogen) atoms. The Bertz CT molecular complexity index is 1140. The summed E-state index contributed by atoms with van der Waals surface area (Å²) in [5, 5.41) is 4.72. The van der Waals surface area contributed by atoms with Gasteiger partial charge in [-0.1, -0.05) is 46.9 Å². The smallest absolute Gasteiger partial charge is 0.270 e. The van der Waals surface area contributed by atoms with Gasteiger partial charge >= 0.3 is 12.0 Å². The van der Waals surface area contributed by atoms with Crippen LogP contribution in [0.3, 0.4) is 0 Å². The first-order chi connectivity index (χ1) is 14.9. The van der Waals surface area contributed by atoms with Crippen molar-refractivity contribution in [2.75, 3.05) is 14.1 Å². The predicted octanol–water partition coefficient (Wildman–Crippen LogP) is 2.28. The van der Waals surface area contributed by atoms with Crippen molar-refractivity contribution in [1.82, 2.24) is 15.2 Å². The minimum Gasteiger partial charge on any atom is -0.270 e. The summed E-state index contributed by atoms with van der Waals surface area (Å²) in [7, 11) is 3.00. The van der Waals surface area contributed by atoms with Gasteiger partial charge in [0.25, 0.3) is 5.91 Å². The van der Waals surface area contributed by atoms with Gasteiger partial charge in [-0.05, 0) is 23.8 Å². The fraction of sp³-hybridized carbons (Fsp3) is 0.190. The van der Waals surface area contributed by atoms with Gasteiger partial charge in [0.2, 0.25) is 11.9 Å². The third-order valence-corrected chi connectivity index (χ3v) is 5.45. The third-order valence-electron chi connectivity index (χ3n) is 5.08. The first-order valence-corrected chi connectivity index (χ1v) is 9.80. The molecule has 2 aliphatic rings. The summed E-state index contributed by atoms with van der Waals surface area (Å²) in [4.78, 5) is 32.1. The molecular weight excluding hydrogens is 423 g/mol. The molecule has 1 atom stereocenters. The van der Waals surface area contributed by atoms with Crippen LogP contribution < -0.4 is 5.43 Å². The molecule has 1 unspecified atom stereocenters. The van der Waals surface area contributed by atoms with E-state index in [-0.39, 0.29) is 12.4 Å². The second-order valence-electron chi connectivity index (χ2n) is 7.08. The van der Waals surface area contributed by atoms with Crippen LogP contribution in [0.1, 0.15) is 11.1 Å². The second kappa shape index (κ2) is 8.27. The SMILES string of the molecule is CN1C(=O)C2C(=NC(N/N=C\c3ccc(F)cc3)=[N+]2Cc2ccccc2Cl)N(C)C1=O. The second-order valence-corrected chi connectivity index (χ2v) is 7.48. The number of fused-ring (bicyclic) bond motifs is 1. The van der Waals surface area contributed by atoms with E-state index in [1.807, 2.05) is 18.2 Å². The van der Waals surface area contributed by atoms with E-state index < -0.39 is 18.0 Å². The Morgan fingerprint density at radius 2 is 1.87 bits per heavy atom. The van der Waals surface area contributed by atoms with Crippen molar-refractivity contribution in [3.05, 3.63) is 70.5 Å². The number of carbonyl (C=O) groups is 2. The van der Waals surface area contributed by atoms with Crippen LogP contribution in [0.5, 0.6) is 0 Å². The molecule has 2 aromatic rings. The van der Waals surface area contributed by atoms with Gasteiger partial charge in [-0.2, -0.15) is 5.43 Å². The monoisotopic (exact) mass is 441 g/mol. The van der Waals surface area contributed by atoms with E-state index in [9.17, 15) is 14.0 Å². The van der Waals surface area contributed by atoms with Crippen molar-refractivity contribution in [2.45, 2.75) is 12.6 Å². The number of aliphatic imine (C=N–C) groups is 1. The number of imide groups is 1. The zero-order valence-electron chi connectivity index (χ0n) is 16.8. The summed E-state index contributed by atoms with van der Waals surface area (Å²) in [6.45, 7) is 0.271. The summed E-state index contributed by atoms with van der Waals surface area (Å²) < 4.78 is 14.8. The van der Waals surface area contributed by atoms with Crippen molar-refractivity contribution >= 4 is 41.5 Å². The number of hydrogen-bond acceptors (Lipinski definition) is 5. The molecule has 3 amide bonds. The fourth-order valence-corrected chi connectivity index (χ4v) is 3.57. The molecule has 10 heteroatoms. The van der Waals surface area contributed by atoms with Gasteiger partial charge in [-0.3, -0.25) is 14.6 Å². The van der Waals surface area contributed by atoms with Crippen LogP contribution >= 0.6 is 11.6 Å². The molecule has 1 N–H and O–H groups in total. The summed E-state index contributed by atoms with van der Waals surface area (Å²) in [5.41, 5.74) is 4.31. The zero-order valence-corrected chi connectivity index (χ0v) is 17.5. The van der Waals surface area contributed by atoms with Gasteiger partial charge in [0.1, 0.15) is 5.82 Å². The Morgan fingerprint density at radius 3 is 2.58 bits per heavy atom. The van der Waals surface area contributed by atoms with Crippen LogP contribution in [0.2, 0.25) is 5.02 Å². The van der Waals surface area contributed by atoms with Gasteiger partial charge < -0.3 is 0 Å². The van der Waals surface area contributed by atoms with Crippen LogP contribution in [-0.4, -0.2) is 64.5 Å². The van der Waals surface area contributed by atoms with Crippen LogP contribution in [0, 0.1) is 5.82 Å². The molecule has 0 saturated carbocycles. The van der Waals surface area contributed by atoms with Crippen molar-refractivity contribution < 1.29 is 18.6 Å².